The monoisotopic (exact) mass is 483 g/mol. The van der Waals surface area contributed by atoms with E-state index < -0.39 is 5.24 Å². The highest BCUT2D eigenvalue weighted by Gasteiger charge is 2.01. The van der Waals surface area contributed by atoms with Crippen molar-refractivity contribution in [1.82, 2.24) is 0 Å². The van der Waals surface area contributed by atoms with Gasteiger partial charge in [0.1, 0.15) is 6.61 Å². The molecule has 0 unspecified atom stereocenters. The molecule has 3 aromatic rings. The van der Waals surface area contributed by atoms with Crippen molar-refractivity contribution in [2.24, 2.45) is 0 Å². The van der Waals surface area contributed by atoms with Crippen LogP contribution in [0.15, 0.2) is 91.0 Å². The molecule has 0 N–H and O–H groups in total. The number of methoxy groups -OCH3 is 1. The summed E-state index contributed by atoms with van der Waals surface area (Å²) >= 11 is 5.16. The molecule has 0 spiro atoms. The number of halogens is 1. The molecule has 3 aromatic carbocycles. The summed E-state index contributed by atoms with van der Waals surface area (Å²) in [5, 5.41) is -0.407. The van der Waals surface area contributed by atoms with Gasteiger partial charge in [-0.25, -0.2) is 4.85 Å². The quantitative estimate of drug-likeness (QED) is 0.211. The number of rotatable bonds is 4. The zero-order valence-electron chi connectivity index (χ0n) is 21.4. The Bertz CT molecular complexity index is 878. The van der Waals surface area contributed by atoms with Gasteiger partial charge in [-0.3, -0.25) is 9.59 Å². The maximum Gasteiger partial charge on any atom is 0.252 e. The molecule has 0 aliphatic heterocycles. The van der Waals surface area contributed by atoms with Crippen molar-refractivity contribution >= 4 is 28.3 Å². The molecule has 0 bridgehead atoms. The molecule has 0 heterocycles. The lowest BCUT2D eigenvalue weighted by molar-refractivity contribution is 0.0848. The number of benzene rings is 3. The zero-order valence-corrected chi connectivity index (χ0v) is 22.2. The normalized spacial score (nSPS) is 7.85. The number of ether oxygens (including phenoxy) is 1. The molecule has 0 atom stereocenters. The molecule has 0 aliphatic rings. The van der Waals surface area contributed by atoms with E-state index in [9.17, 15) is 9.59 Å². The molecular weight excluding hydrogens is 446 g/mol. The lowest BCUT2D eigenvalue weighted by Gasteiger charge is -1.97. The zero-order chi connectivity index (χ0) is 26.6. The van der Waals surface area contributed by atoms with E-state index in [0.717, 1.165) is 0 Å². The SMILES string of the molecule is CC.CC.CC.COCC(=O)c1ccccc1.O=C(Cl)c1ccccc1.[C-]#[N+]c1ccccc1. The van der Waals surface area contributed by atoms with E-state index in [1.54, 1.807) is 48.5 Å². The standard InChI is InChI=1S/C9H10O2.C7H5ClO.C7H5N.3C2H6/c1-11-7-9(10)8-5-3-2-4-6-8;8-7(9)6-4-2-1-3-5-6;1-8-7-5-3-2-4-6-7;3*1-2/h2-6H,7H2,1H3;1-5H;2-6H;3*1-2H3. The fourth-order valence-corrected chi connectivity index (χ4v) is 2.04. The van der Waals surface area contributed by atoms with Crippen molar-refractivity contribution < 1.29 is 14.3 Å². The largest absolute Gasteiger partial charge is 0.377 e. The third-order valence-corrected chi connectivity index (χ3v) is 3.48. The van der Waals surface area contributed by atoms with Crippen LogP contribution in [0.5, 0.6) is 0 Å². The first-order valence-electron chi connectivity index (χ1n) is 11.3. The molecule has 34 heavy (non-hydrogen) atoms. The van der Waals surface area contributed by atoms with Crippen LogP contribution in [-0.2, 0) is 4.74 Å². The summed E-state index contributed by atoms with van der Waals surface area (Å²) in [6.07, 6.45) is 0. The average Bonchev–Trinajstić information content (AvgIpc) is 2.94. The van der Waals surface area contributed by atoms with Crippen molar-refractivity contribution in [2.45, 2.75) is 41.5 Å². The Labute approximate surface area is 211 Å². The number of carbonyl (C=O) groups excluding carboxylic acids is 2. The summed E-state index contributed by atoms with van der Waals surface area (Å²) in [5.74, 6) is 0.0214. The van der Waals surface area contributed by atoms with E-state index in [-0.39, 0.29) is 12.4 Å². The van der Waals surface area contributed by atoms with Crippen molar-refractivity contribution in [2.75, 3.05) is 13.7 Å². The molecule has 5 heteroatoms. The van der Waals surface area contributed by atoms with E-state index in [1.165, 1.54) is 7.11 Å². The van der Waals surface area contributed by atoms with E-state index >= 15 is 0 Å². The second-order valence-corrected chi connectivity index (χ2v) is 5.65. The molecule has 0 aliphatic carbocycles. The van der Waals surface area contributed by atoms with Gasteiger partial charge in [0, 0.05) is 18.2 Å². The Balaban J connectivity index is -0.000000384. The second-order valence-electron chi connectivity index (χ2n) is 5.31. The van der Waals surface area contributed by atoms with Gasteiger partial charge in [-0.15, -0.1) is 0 Å². The maximum absolute atomic E-state index is 11.1. The minimum absolute atomic E-state index is 0.0214. The molecule has 0 saturated carbocycles. The fraction of sp³-hybridized carbons (Fsp3) is 0.276. The number of hydrogen-bond donors (Lipinski definition) is 0. The Morgan fingerprint density at radius 1 is 0.706 bits per heavy atom. The molecule has 0 aromatic heterocycles. The van der Waals surface area contributed by atoms with Crippen LogP contribution in [-0.4, -0.2) is 24.7 Å². The van der Waals surface area contributed by atoms with E-state index in [4.69, 9.17) is 22.9 Å². The average molecular weight is 484 g/mol. The summed E-state index contributed by atoms with van der Waals surface area (Å²) in [6, 6.07) is 27.0. The minimum Gasteiger partial charge on any atom is -0.377 e. The number of nitrogens with zero attached hydrogens (tertiary/aromatic N) is 1. The molecule has 184 valence electrons. The third-order valence-electron chi connectivity index (χ3n) is 3.26. The predicted molar refractivity (Wildman–Crippen MR) is 146 cm³/mol. The van der Waals surface area contributed by atoms with Crippen LogP contribution in [0.1, 0.15) is 62.3 Å². The molecule has 0 saturated heterocycles. The van der Waals surface area contributed by atoms with E-state index in [2.05, 4.69) is 4.85 Å². The van der Waals surface area contributed by atoms with Crippen LogP contribution in [0.3, 0.4) is 0 Å². The summed E-state index contributed by atoms with van der Waals surface area (Å²) in [6.45, 7) is 18.7. The summed E-state index contributed by atoms with van der Waals surface area (Å²) in [7, 11) is 1.51. The van der Waals surface area contributed by atoms with Crippen molar-refractivity contribution in [3.63, 3.8) is 0 Å². The number of hydrogen-bond acceptors (Lipinski definition) is 3. The van der Waals surface area contributed by atoms with Gasteiger partial charge in [-0.2, -0.15) is 0 Å². The van der Waals surface area contributed by atoms with Gasteiger partial charge in [0.2, 0.25) is 0 Å². The highest BCUT2D eigenvalue weighted by Crippen LogP contribution is 2.07. The minimum atomic E-state index is -0.407. The topological polar surface area (TPSA) is 47.7 Å². The Morgan fingerprint density at radius 2 is 1.06 bits per heavy atom. The molecule has 0 fully saturated rings. The van der Waals surface area contributed by atoms with Crippen LogP contribution in [0.2, 0.25) is 0 Å². The Hall–Kier alpha value is -3.26. The van der Waals surface area contributed by atoms with Crippen LogP contribution in [0.4, 0.5) is 5.69 Å². The number of ketones is 1. The van der Waals surface area contributed by atoms with Gasteiger partial charge in [-0.1, -0.05) is 133 Å². The summed E-state index contributed by atoms with van der Waals surface area (Å²) in [4.78, 5) is 24.8. The molecule has 3 rings (SSSR count). The lowest BCUT2D eigenvalue weighted by Crippen LogP contribution is -2.06. The Morgan fingerprint density at radius 3 is 1.32 bits per heavy atom. The van der Waals surface area contributed by atoms with Crippen molar-refractivity contribution in [3.8, 4) is 0 Å². The highest BCUT2D eigenvalue weighted by atomic mass is 35.5. The summed E-state index contributed by atoms with van der Waals surface area (Å²) < 4.78 is 4.71. The van der Waals surface area contributed by atoms with Crippen molar-refractivity contribution in [3.05, 3.63) is 114 Å². The molecule has 0 radical (unpaired) electrons. The van der Waals surface area contributed by atoms with Crippen LogP contribution in [0.25, 0.3) is 4.85 Å². The maximum atomic E-state index is 11.1. The van der Waals surface area contributed by atoms with Gasteiger partial charge >= 0.3 is 0 Å². The first-order valence-corrected chi connectivity index (χ1v) is 11.7. The molecule has 4 nitrogen and oxygen atoms in total. The number of para-hydroxylation sites is 1. The fourth-order valence-electron chi connectivity index (χ4n) is 1.91. The predicted octanol–water partition coefficient (Wildman–Crippen LogP) is 8.90. The first-order chi connectivity index (χ1) is 16.6. The van der Waals surface area contributed by atoms with E-state index in [0.29, 0.717) is 16.8 Å². The number of Topliss-reactive ketones (excluding diaryl/α,β-unsaturated/α-hetero) is 1. The number of carbonyl (C=O) groups is 2. The summed E-state index contributed by atoms with van der Waals surface area (Å²) in [5.41, 5.74) is 1.95. The van der Waals surface area contributed by atoms with Gasteiger partial charge in [0.15, 0.2) is 11.5 Å². The Kier molecular flexibility index (Phi) is 28.9. The molecular formula is C29H38ClNO3. The van der Waals surface area contributed by atoms with Gasteiger partial charge < -0.3 is 4.74 Å². The smallest absolute Gasteiger partial charge is 0.252 e. The van der Waals surface area contributed by atoms with Crippen LogP contribution in [0, 0.1) is 6.57 Å². The van der Waals surface area contributed by atoms with Crippen LogP contribution >= 0.6 is 11.6 Å². The van der Waals surface area contributed by atoms with Crippen molar-refractivity contribution in [1.29, 1.82) is 0 Å². The third kappa shape index (κ3) is 19.4. The highest BCUT2D eigenvalue weighted by molar-refractivity contribution is 6.67. The van der Waals surface area contributed by atoms with E-state index in [1.807, 2.05) is 84.0 Å². The lowest BCUT2D eigenvalue weighted by atomic mass is 10.1. The molecule has 0 amide bonds. The first kappa shape index (κ1) is 35.3. The van der Waals surface area contributed by atoms with Gasteiger partial charge in [0.05, 0.1) is 6.57 Å². The second kappa shape index (κ2) is 27.8. The van der Waals surface area contributed by atoms with Crippen LogP contribution < -0.4 is 0 Å². The van der Waals surface area contributed by atoms with Gasteiger partial charge in [-0.05, 0) is 11.6 Å². The van der Waals surface area contributed by atoms with Gasteiger partial charge in [0.25, 0.3) is 5.24 Å².